The molecule has 1 aromatic heterocycles. The fourth-order valence-electron chi connectivity index (χ4n) is 7.78. The van der Waals surface area contributed by atoms with Gasteiger partial charge >= 0.3 is 5.97 Å². The molecule has 0 radical (unpaired) electrons. The number of methoxy groups -OCH3 is 1. The Balaban J connectivity index is 2.18. The summed E-state index contributed by atoms with van der Waals surface area (Å²) in [5.74, 6) is -3.51. The number of ether oxygens (including phenoxy) is 5. The van der Waals surface area contributed by atoms with E-state index in [4.69, 9.17) is 23.7 Å². The Bertz CT molecular complexity index is 1300. The number of rotatable bonds is 9. The Hall–Kier alpha value is -2.72. The molecule has 2 fully saturated rings. The van der Waals surface area contributed by atoms with Crippen LogP contribution in [0.2, 0.25) is 0 Å². The van der Waals surface area contributed by atoms with Gasteiger partial charge in [-0.3, -0.25) is 4.79 Å². The molecule has 14 heteroatoms. The number of likely N-dealkylation sites (N-methyl/N-ethyl adjacent to an activating group) is 1. The summed E-state index contributed by atoms with van der Waals surface area (Å²) in [5.41, 5.74) is -1.97. The lowest BCUT2D eigenvalue weighted by molar-refractivity contribution is -0.301. The van der Waals surface area contributed by atoms with E-state index in [1.807, 2.05) is 46.7 Å². The van der Waals surface area contributed by atoms with Crippen LogP contribution < -0.4 is 0 Å². The van der Waals surface area contributed by atoms with E-state index in [-0.39, 0.29) is 30.7 Å². The molecule has 0 aromatic carbocycles. The third-order valence-electron chi connectivity index (χ3n) is 10.9. The zero-order valence-electron chi connectivity index (χ0n) is 32.2. The van der Waals surface area contributed by atoms with Crippen molar-refractivity contribution in [3.05, 3.63) is 36.6 Å². The minimum Gasteiger partial charge on any atom is -0.497 e. The van der Waals surface area contributed by atoms with Crippen molar-refractivity contribution >= 4 is 11.7 Å². The lowest BCUT2D eigenvalue weighted by Gasteiger charge is -2.48. The number of nitrogens with zero attached hydrogens (tertiary/aromatic N) is 4. The van der Waals surface area contributed by atoms with Crippen LogP contribution in [0.3, 0.4) is 0 Å². The second-order valence-electron chi connectivity index (χ2n) is 15.1. The molecular formula is C37H62N4O10. The maximum absolute atomic E-state index is 14.0. The number of aliphatic hydroxyl groups is 3. The van der Waals surface area contributed by atoms with Gasteiger partial charge in [0.15, 0.2) is 6.29 Å². The van der Waals surface area contributed by atoms with Crippen LogP contribution in [0.15, 0.2) is 36.2 Å². The molecule has 51 heavy (non-hydrogen) atoms. The molecule has 0 unspecified atom stereocenters. The van der Waals surface area contributed by atoms with Crippen molar-refractivity contribution in [1.82, 2.24) is 14.9 Å². The van der Waals surface area contributed by atoms with Gasteiger partial charge in [-0.2, -0.15) is 0 Å². The molecule has 0 spiro atoms. The average Bonchev–Trinajstić information content (AvgIpc) is 3.09. The van der Waals surface area contributed by atoms with E-state index in [9.17, 15) is 25.3 Å². The molecule has 0 aliphatic carbocycles. The number of carbonyl (C=O) groups excluding carboxylic acids is 1. The number of aliphatic hydroxyl groups excluding tert-OH is 2. The van der Waals surface area contributed by atoms with Crippen molar-refractivity contribution in [2.75, 3.05) is 21.2 Å². The lowest BCUT2D eigenvalue weighted by atomic mass is 9.73. The summed E-state index contributed by atoms with van der Waals surface area (Å²) in [7, 11) is 5.33. The third kappa shape index (κ3) is 10.0. The normalized spacial score (nSPS) is 41.4. The van der Waals surface area contributed by atoms with Gasteiger partial charge in [-0.25, -0.2) is 9.97 Å². The quantitative estimate of drug-likeness (QED) is 0.126. The van der Waals surface area contributed by atoms with Gasteiger partial charge in [0, 0.05) is 43.3 Å². The second kappa shape index (κ2) is 18.4. The van der Waals surface area contributed by atoms with Crippen LogP contribution in [0.4, 0.5) is 0 Å². The molecular weight excluding hydrogens is 660 g/mol. The van der Waals surface area contributed by atoms with Crippen molar-refractivity contribution in [3.8, 4) is 0 Å². The number of hydrogen-bond donors (Lipinski definition) is 4. The summed E-state index contributed by atoms with van der Waals surface area (Å²) in [6.07, 6.45) is 3.04. The van der Waals surface area contributed by atoms with Gasteiger partial charge in [0.2, 0.25) is 0 Å². The molecule has 0 bridgehead atoms. The lowest BCUT2D eigenvalue weighted by Crippen LogP contribution is -2.60. The summed E-state index contributed by atoms with van der Waals surface area (Å²) in [5, 5.41) is 48.6. The van der Waals surface area contributed by atoms with Crippen molar-refractivity contribution in [2.45, 2.75) is 141 Å². The summed E-state index contributed by atoms with van der Waals surface area (Å²) in [4.78, 5) is 24.1. The minimum atomic E-state index is -1.90. The number of carbonyl (C=O) groups is 1. The van der Waals surface area contributed by atoms with Crippen LogP contribution in [0.25, 0.3) is 0 Å². The molecule has 0 saturated carbocycles. The van der Waals surface area contributed by atoms with Crippen LogP contribution in [0.5, 0.6) is 0 Å². The Morgan fingerprint density at radius 3 is 2.31 bits per heavy atom. The molecule has 290 valence electrons. The van der Waals surface area contributed by atoms with Gasteiger partial charge in [-0.05, 0) is 79.1 Å². The maximum Gasteiger partial charge on any atom is 0.312 e. The third-order valence-corrected chi connectivity index (χ3v) is 10.9. The summed E-state index contributed by atoms with van der Waals surface area (Å²) < 4.78 is 31.7. The molecule has 14 atom stereocenters. The van der Waals surface area contributed by atoms with Gasteiger partial charge in [-0.15, -0.1) is 0 Å². The molecule has 2 aliphatic heterocycles. The van der Waals surface area contributed by atoms with Gasteiger partial charge < -0.3 is 49.1 Å². The Morgan fingerprint density at radius 2 is 1.75 bits per heavy atom. The largest absolute Gasteiger partial charge is 0.497 e. The van der Waals surface area contributed by atoms with E-state index in [2.05, 4.69) is 15.1 Å². The predicted molar refractivity (Wildman–Crippen MR) is 190 cm³/mol. The molecule has 3 heterocycles. The first-order chi connectivity index (χ1) is 23.9. The van der Waals surface area contributed by atoms with E-state index in [0.29, 0.717) is 12.8 Å². The van der Waals surface area contributed by atoms with E-state index in [1.54, 1.807) is 46.4 Å². The van der Waals surface area contributed by atoms with Crippen LogP contribution in [0, 0.1) is 23.7 Å². The molecule has 2 aliphatic rings. The number of allylic oxidation sites excluding steroid dienone is 1. The van der Waals surface area contributed by atoms with Gasteiger partial charge in [-0.1, -0.05) is 32.9 Å². The Morgan fingerprint density at radius 1 is 1.10 bits per heavy atom. The zero-order valence-corrected chi connectivity index (χ0v) is 32.2. The SMILES string of the molecule is CC[C@H]1OC(=O)[C@H](C)[C@@H](O/C=C\Cc2cncnc2)[C@H](C)[C@@H](O[C@@H]2O[C@H](C)C[C@H](N(C)C)[C@H]2O)[C@](C)(OC)C[C@@H](C)/C(=N\O)[C@H](C)[C@@H](O)[C@]1(C)O. The number of cyclic esters (lactones) is 1. The highest BCUT2D eigenvalue weighted by molar-refractivity contribution is 5.88. The second-order valence-corrected chi connectivity index (χ2v) is 15.1. The van der Waals surface area contributed by atoms with Gasteiger partial charge in [0.05, 0.1) is 41.8 Å². The standard InChI is InChI=1S/C37H62N4O10/c1-12-28-37(8,45)32(43)23(4)29(40-46)21(2)17-36(7,47-11)33(51-35-30(42)27(41(9)10)16-22(3)49-35)24(5)31(25(6)34(44)50-28)48-15-13-14-26-18-38-20-39-19-26/h13,15,18-25,27-28,30-33,35,42-43,45-46H,12,14,16-17H2,1-11H3/b15-13-,40-29+/t21-,22-,23+,24+,25-,27+,28-,30-,31+,32-,33-,35+,36-,37-/m1/s1. The van der Waals surface area contributed by atoms with Crippen molar-refractivity contribution < 1.29 is 49.0 Å². The van der Waals surface area contributed by atoms with Crippen molar-refractivity contribution in [2.24, 2.45) is 28.8 Å². The van der Waals surface area contributed by atoms with Crippen LogP contribution >= 0.6 is 0 Å². The van der Waals surface area contributed by atoms with Crippen molar-refractivity contribution in [3.63, 3.8) is 0 Å². The summed E-state index contributed by atoms with van der Waals surface area (Å²) in [6, 6.07) is -0.250. The van der Waals surface area contributed by atoms with E-state index >= 15 is 0 Å². The highest BCUT2D eigenvalue weighted by Gasteiger charge is 2.52. The molecule has 0 amide bonds. The molecule has 3 rings (SSSR count). The highest BCUT2D eigenvalue weighted by atomic mass is 16.7. The highest BCUT2D eigenvalue weighted by Crippen LogP contribution is 2.40. The summed E-state index contributed by atoms with van der Waals surface area (Å²) in [6.45, 7) is 14.0. The molecule has 4 N–H and O–H groups in total. The Labute approximate surface area is 303 Å². The smallest absolute Gasteiger partial charge is 0.312 e. The van der Waals surface area contributed by atoms with Gasteiger partial charge in [0.25, 0.3) is 0 Å². The number of oxime groups is 1. The molecule has 14 nitrogen and oxygen atoms in total. The fraction of sp³-hybridized carbons (Fsp3) is 0.784. The first kappa shape index (κ1) is 42.7. The first-order valence-corrected chi connectivity index (χ1v) is 18.0. The zero-order chi connectivity index (χ0) is 38.3. The average molecular weight is 723 g/mol. The monoisotopic (exact) mass is 722 g/mol. The number of esters is 1. The summed E-state index contributed by atoms with van der Waals surface area (Å²) >= 11 is 0. The van der Waals surface area contributed by atoms with Crippen LogP contribution in [0.1, 0.15) is 80.2 Å². The topological polar surface area (TPSA) is 186 Å². The van der Waals surface area contributed by atoms with Crippen LogP contribution in [-0.4, -0.2) is 128 Å². The fourth-order valence-corrected chi connectivity index (χ4v) is 7.78. The van der Waals surface area contributed by atoms with Crippen molar-refractivity contribution in [1.29, 1.82) is 0 Å². The molecule has 2 saturated heterocycles. The van der Waals surface area contributed by atoms with E-state index < -0.39 is 77.7 Å². The van der Waals surface area contributed by atoms with E-state index in [1.165, 1.54) is 19.5 Å². The predicted octanol–water partition coefficient (Wildman–Crippen LogP) is 3.35. The first-order valence-electron chi connectivity index (χ1n) is 18.0. The number of hydrogen-bond acceptors (Lipinski definition) is 14. The molecule has 1 aromatic rings. The van der Waals surface area contributed by atoms with Gasteiger partial charge in [0.1, 0.15) is 30.2 Å². The minimum absolute atomic E-state index is 0.201. The Kier molecular flexibility index (Phi) is 15.4. The van der Waals surface area contributed by atoms with Crippen LogP contribution in [-0.2, 0) is 34.9 Å². The number of aromatic nitrogens is 2. The maximum atomic E-state index is 14.0. The van der Waals surface area contributed by atoms with E-state index in [0.717, 1.165) is 5.56 Å².